The first kappa shape index (κ1) is 18.6. The lowest BCUT2D eigenvalue weighted by atomic mass is 10.0. The summed E-state index contributed by atoms with van der Waals surface area (Å²) in [6, 6.07) is 15.1. The van der Waals surface area contributed by atoms with E-state index < -0.39 is 4.92 Å². The largest absolute Gasteiger partial charge is 0.337 e. The molecule has 0 spiro atoms. The van der Waals surface area contributed by atoms with E-state index in [1.54, 1.807) is 12.1 Å². The molecule has 2 aliphatic rings. The maximum Gasteiger partial charge on any atom is 0.269 e. The van der Waals surface area contributed by atoms with Gasteiger partial charge >= 0.3 is 0 Å². The Morgan fingerprint density at radius 1 is 1.14 bits per heavy atom. The first-order chi connectivity index (χ1) is 13.5. The van der Waals surface area contributed by atoms with Gasteiger partial charge in [0.1, 0.15) is 0 Å². The van der Waals surface area contributed by atoms with Gasteiger partial charge in [-0.1, -0.05) is 36.4 Å². The van der Waals surface area contributed by atoms with E-state index in [0.29, 0.717) is 6.04 Å². The van der Waals surface area contributed by atoms with Crippen LogP contribution in [-0.4, -0.2) is 46.8 Å². The van der Waals surface area contributed by atoms with E-state index in [2.05, 4.69) is 23.1 Å². The summed E-state index contributed by atoms with van der Waals surface area (Å²) < 4.78 is 0. The fourth-order valence-corrected chi connectivity index (χ4v) is 4.61. The summed E-state index contributed by atoms with van der Waals surface area (Å²) >= 11 is 0. The smallest absolute Gasteiger partial charge is 0.269 e. The molecule has 0 saturated carbocycles. The summed E-state index contributed by atoms with van der Waals surface area (Å²) in [7, 11) is 1.89. The molecular formula is C22H25N3O3. The van der Waals surface area contributed by atoms with Crippen LogP contribution in [0.5, 0.6) is 0 Å². The predicted molar refractivity (Wildman–Crippen MR) is 107 cm³/mol. The second kappa shape index (κ2) is 7.72. The SMILES string of the molecule is CN(C(=O)Cc1ccc([N+](=O)[O-])cc1)C1c2ccccc2CC1N1CCCC1. The summed E-state index contributed by atoms with van der Waals surface area (Å²) in [5.41, 5.74) is 3.42. The number of amides is 1. The number of carbonyl (C=O) groups excluding carboxylic acids is 1. The van der Waals surface area contributed by atoms with Crippen molar-refractivity contribution >= 4 is 11.6 Å². The summed E-state index contributed by atoms with van der Waals surface area (Å²) in [6.07, 6.45) is 3.68. The average Bonchev–Trinajstić information content (AvgIpc) is 3.35. The molecule has 2 atom stereocenters. The molecule has 1 fully saturated rings. The number of likely N-dealkylation sites (tertiary alicyclic amines) is 1. The molecule has 0 bridgehead atoms. The Hall–Kier alpha value is -2.73. The van der Waals surface area contributed by atoms with Gasteiger partial charge in [-0.05, 0) is 49.0 Å². The Morgan fingerprint density at radius 3 is 2.50 bits per heavy atom. The minimum atomic E-state index is -0.423. The van der Waals surface area contributed by atoms with Gasteiger partial charge in [-0.15, -0.1) is 0 Å². The highest BCUT2D eigenvalue weighted by molar-refractivity contribution is 5.79. The second-order valence-electron chi connectivity index (χ2n) is 7.76. The molecule has 1 heterocycles. The third-order valence-corrected chi connectivity index (χ3v) is 6.09. The number of non-ortho nitro benzene ring substituents is 1. The quantitative estimate of drug-likeness (QED) is 0.590. The number of nitro benzene ring substituents is 1. The Morgan fingerprint density at radius 2 is 1.82 bits per heavy atom. The van der Waals surface area contributed by atoms with Crippen molar-refractivity contribution in [3.63, 3.8) is 0 Å². The van der Waals surface area contributed by atoms with Crippen molar-refractivity contribution in [2.24, 2.45) is 0 Å². The van der Waals surface area contributed by atoms with Crippen LogP contribution in [0.25, 0.3) is 0 Å². The third kappa shape index (κ3) is 3.52. The van der Waals surface area contributed by atoms with Crippen LogP contribution < -0.4 is 0 Å². The zero-order valence-electron chi connectivity index (χ0n) is 16.1. The standard InChI is InChI=1S/C22H25N3O3/c1-23(21(26)14-16-8-10-18(11-9-16)25(27)28)22-19-7-3-2-6-17(19)15-20(22)24-12-4-5-13-24/h2-3,6-11,20,22H,4-5,12-15H2,1H3. The molecule has 0 radical (unpaired) electrons. The van der Waals surface area contributed by atoms with Crippen LogP contribution in [0.3, 0.4) is 0 Å². The fourth-order valence-electron chi connectivity index (χ4n) is 4.61. The van der Waals surface area contributed by atoms with E-state index >= 15 is 0 Å². The zero-order chi connectivity index (χ0) is 19.7. The highest BCUT2D eigenvalue weighted by atomic mass is 16.6. The Bertz CT molecular complexity index is 875. The van der Waals surface area contributed by atoms with Gasteiger partial charge in [0.15, 0.2) is 0 Å². The lowest BCUT2D eigenvalue weighted by Gasteiger charge is -2.35. The Labute approximate surface area is 164 Å². The number of hydrogen-bond acceptors (Lipinski definition) is 4. The Kier molecular flexibility index (Phi) is 5.13. The molecular weight excluding hydrogens is 354 g/mol. The van der Waals surface area contributed by atoms with Crippen LogP contribution in [-0.2, 0) is 17.6 Å². The molecule has 2 unspecified atom stereocenters. The fraction of sp³-hybridized carbons (Fsp3) is 0.409. The van der Waals surface area contributed by atoms with E-state index in [0.717, 1.165) is 25.1 Å². The van der Waals surface area contributed by atoms with Crippen LogP contribution in [0.4, 0.5) is 5.69 Å². The van der Waals surface area contributed by atoms with Crippen molar-refractivity contribution in [3.8, 4) is 0 Å². The van der Waals surface area contributed by atoms with Crippen molar-refractivity contribution in [2.75, 3.05) is 20.1 Å². The van der Waals surface area contributed by atoms with E-state index in [1.165, 1.54) is 36.1 Å². The van der Waals surface area contributed by atoms with Crippen molar-refractivity contribution < 1.29 is 9.72 Å². The van der Waals surface area contributed by atoms with Gasteiger partial charge in [0.25, 0.3) is 5.69 Å². The van der Waals surface area contributed by atoms with Crippen LogP contribution in [0, 0.1) is 10.1 Å². The van der Waals surface area contributed by atoms with Gasteiger partial charge < -0.3 is 4.90 Å². The monoisotopic (exact) mass is 379 g/mol. The molecule has 0 aromatic heterocycles. The van der Waals surface area contributed by atoms with E-state index in [4.69, 9.17) is 0 Å². The Balaban J connectivity index is 1.54. The van der Waals surface area contributed by atoms with Crippen molar-refractivity contribution in [3.05, 3.63) is 75.3 Å². The molecule has 6 heteroatoms. The van der Waals surface area contributed by atoms with Crippen LogP contribution in [0.2, 0.25) is 0 Å². The minimum Gasteiger partial charge on any atom is -0.337 e. The number of hydrogen-bond donors (Lipinski definition) is 0. The third-order valence-electron chi connectivity index (χ3n) is 6.09. The second-order valence-corrected chi connectivity index (χ2v) is 7.76. The van der Waals surface area contributed by atoms with Gasteiger partial charge in [0.05, 0.1) is 17.4 Å². The molecule has 1 aliphatic carbocycles. The molecule has 2 aromatic carbocycles. The molecule has 6 nitrogen and oxygen atoms in total. The highest BCUT2D eigenvalue weighted by Gasteiger charge is 2.40. The number of likely N-dealkylation sites (N-methyl/N-ethyl adjacent to an activating group) is 1. The number of carbonyl (C=O) groups is 1. The lowest BCUT2D eigenvalue weighted by molar-refractivity contribution is -0.384. The molecule has 2 aromatic rings. The van der Waals surface area contributed by atoms with Crippen LogP contribution >= 0.6 is 0 Å². The normalized spacial score (nSPS) is 21.5. The molecule has 1 amide bonds. The zero-order valence-corrected chi connectivity index (χ0v) is 16.1. The predicted octanol–water partition coefficient (Wildman–Crippen LogP) is 3.36. The molecule has 1 aliphatic heterocycles. The molecule has 146 valence electrons. The van der Waals surface area contributed by atoms with E-state index in [1.807, 2.05) is 18.0 Å². The summed E-state index contributed by atoms with van der Waals surface area (Å²) in [5, 5.41) is 10.8. The van der Waals surface area contributed by atoms with Crippen molar-refractivity contribution in [1.82, 2.24) is 9.80 Å². The van der Waals surface area contributed by atoms with Crippen molar-refractivity contribution in [2.45, 2.75) is 37.8 Å². The molecule has 28 heavy (non-hydrogen) atoms. The number of nitrogens with zero attached hydrogens (tertiary/aromatic N) is 3. The number of rotatable bonds is 5. The number of nitro groups is 1. The minimum absolute atomic E-state index is 0.0414. The maximum atomic E-state index is 13.1. The average molecular weight is 379 g/mol. The lowest BCUT2D eigenvalue weighted by Crippen LogP contribution is -2.44. The molecule has 0 N–H and O–H groups in total. The first-order valence-electron chi connectivity index (χ1n) is 9.85. The summed E-state index contributed by atoms with van der Waals surface area (Å²) in [4.78, 5) is 27.9. The molecule has 1 saturated heterocycles. The van der Waals surface area contributed by atoms with Crippen LogP contribution in [0.15, 0.2) is 48.5 Å². The van der Waals surface area contributed by atoms with Gasteiger partial charge in [0, 0.05) is 25.2 Å². The maximum absolute atomic E-state index is 13.1. The number of fused-ring (bicyclic) bond motifs is 1. The van der Waals surface area contributed by atoms with Gasteiger partial charge in [0.2, 0.25) is 5.91 Å². The topological polar surface area (TPSA) is 66.7 Å². The van der Waals surface area contributed by atoms with Gasteiger partial charge in [-0.25, -0.2) is 0 Å². The highest BCUT2D eigenvalue weighted by Crippen LogP contribution is 2.39. The number of benzene rings is 2. The van der Waals surface area contributed by atoms with Crippen molar-refractivity contribution in [1.29, 1.82) is 0 Å². The summed E-state index contributed by atoms with van der Waals surface area (Å²) in [5.74, 6) is 0.0414. The van der Waals surface area contributed by atoms with Gasteiger partial charge in [-0.3, -0.25) is 19.8 Å². The van der Waals surface area contributed by atoms with Crippen LogP contribution in [0.1, 0.15) is 35.6 Å². The van der Waals surface area contributed by atoms with E-state index in [-0.39, 0.29) is 24.1 Å². The summed E-state index contributed by atoms with van der Waals surface area (Å²) in [6.45, 7) is 2.19. The van der Waals surface area contributed by atoms with E-state index in [9.17, 15) is 14.9 Å². The van der Waals surface area contributed by atoms with Gasteiger partial charge in [-0.2, -0.15) is 0 Å². The first-order valence-corrected chi connectivity index (χ1v) is 9.85. The molecule has 4 rings (SSSR count).